The van der Waals surface area contributed by atoms with Crippen LogP contribution in [0.3, 0.4) is 0 Å². The van der Waals surface area contributed by atoms with Crippen molar-refractivity contribution in [1.82, 2.24) is 0 Å². The lowest BCUT2D eigenvalue weighted by atomic mass is 9.81. The molecule has 0 heterocycles. The minimum atomic E-state index is -4.61. The molecule has 45 heavy (non-hydrogen) atoms. The van der Waals surface area contributed by atoms with Gasteiger partial charge in [0.2, 0.25) is 0 Å². The third-order valence-corrected chi connectivity index (χ3v) is 9.50. The molecule has 1 unspecified atom stereocenters. The fourth-order valence-corrected chi connectivity index (χ4v) is 6.28. The second-order valence-corrected chi connectivity index (χ2v) is 15.6. The standard InChI is InChI=1S/C35H68NO8P/c1-35(2,3)26-19-15-11-7-6-9-13-17-24-33(37)41-29-32(30-43-45(39,40)42-28-27-36)44-34(38)25-18-14-10-5-4-8-12-16-21-31-22-20-23-31/h31-32H,4-30,36H2,1-3H3,(H,39,40)/p-1/t32-/m0/s1. The van der Waals surface area contributed by atoms with Gasteiger partial charge in [-0.1, -0.05) is 136 Å². The van der Waals surface area contributed by atoms with E-state index in [-0.39, 0.29) is 32.6 Å². The van der Waals surface area contributed by atoms with Gasteiger partial charge in [-0.3, -0.25) is 14.2 Å². The number of carbonyl (C=O) groups is 2. The number of hydrogen-bond acceptors (Lipinski definition) is 9. The van der Waals surface area contributed by atoms with Gasteiger partial charge in [0.25, 0.3) is 7.82 Å². The summed E-state index contributed by atoms with van der Waals surface area (Å²) in [6, 6.07) is 0. The summed E-state index contributed by atoms with van der Waals surface area (Å²) in [5.41, 5.74) is 5.71. The van der Waals surface area contributed by atoms with Crippen molar-refractivity contribution in [2.45, 2.75) is 175 Å². The maximum absolute atomic E-state index is 12.5. The topological polar surface area (TPSA) is 137 Å². The number of carbonyl (C=O) groups excluding carboxylic acids is 2. The zero-order valence-electron chi connectivity index (χ0n) is 29.0. The van der Waals surface area contributed by atoms with Gasteiger partial charge in [0, 0.05) is 19.4 Å². The molecular formula is C35H67NO8P-. The van der Waals surface area contributed by atoms with Gasteiger partial charge in [0.1, 0.15) is 6.61 Å². The smallest absolute Gasteiger partial charge is 0.306 e. The van der Waals surface area contributed by atoms with Gasteiger partial charge in [-0.2, -0.15) is 0 Å². The van der Waals surface area contributed by atoms with E-state index in [2.05, 4.69) is 25.3 Å². The highest BCUT2D eigenvalue weighted by molar-refractivity contribution is 7.45. The first kappa shape index (κ1) is 42.0. The molecule has 0 spiro atoms. The van der Waals surface area contributed by atoms with Gasteiger partial charge < -0.3 is 29.1 Å². The molecule has 1 aliphatic carbocycles. The Hall–Kier alpha value is -0.990. The lowest BCUT2D eigenvalue weighted by Crippen LogP contribution is -2.30. The molecule has 1 aliphatic rings. The first-order chi connectivity index (χ1) is 21.5. The Labute approximate surface area is 275 Å². The number of esters is 2. The molecule has 1 saturated carbocycles. The highest BCUT2D eigenvalue weighted by Gasteiger charge is 2.21. The lowest BCUT2D eigenvalue weighted by molar-refractivity contribution is -0.228. The summed E-state index contributed by atoms with van der Waals surface area (Å²) >= 11 is 0. The average molecular weight is 661 g/mol. The van der Waals surface area contributed by atoms with Crippen LogP contribution in [0, 0.1) is 11.3 Å². The largest absolute Gasteiger partial charge is 0.756 e. The lowest BCUT2D eigenvalue weighted by Gasteiger charge is -2.25. The highest BCUT2D eigenvalue weighted by atomic mass is 31.2. The van der Waals surface area contributed by atoms with Crippen LogP contribution in [0.2, 0.25) is 0 Å². The minimum Gasteiger partial charge on any atom is -0.756 e. The summed E-state index contributed by atoms with van der Waals surface area (Å²) in [5.74, 6) is 0.142. The molecule has 0 aromatic heterocycles. The van der Waals surface area contributed by atoms with Crippen LogP contribution in [-0.4, -0.2) is 44.4 Å². The first-order valence-corrected chi connectivity index (χ1v) is 19.6. The molecule has 0 radical (unpaired) electrons. The van der Waals surface area contributed by atoms with Crippen LogP contribution in [0.5, 0.6) is 0 Å². The Morgan fingerprint density at radius 3 is 1.78 bits per heavy atom. The summed E-state index contributed by atoms with van der Waals surface area (Å²) in [4.78, 5) is 36.7. The Morgan fingerprint density at radius 1 is 0.756 bits per heavy atom. The van der Waals surface area contributed by atoms with Crippen LogP contribution in [0.15, 0.2) is 0 Å². The zero-order valence-corrected chi connectivity index (χ0v) is 29.9. The van der Waals surface area contributed by atoms with Crippen LogP contribution in [0.1, 0.15) is 168 Å². The quantitative estimate of drug-likeness (QED) is 0.0456. The SMILES string of the molecule is CC(C)(C)CCCCCCCCCCC(=O)OC[C@@H](COP(=O)([O-])OCCN)OC(=O)CCCCCCCCCCC1CCC1. The van der Waals surface area contributed by atoms with E-state index in [1.54, 1.807) is 0 Å². The molecule has 0 saturated heterocycles. The first-order valence-electron chi connectivity index (χ1n) is 18.2. The van der Waals surface area contributed by atoms with Gasteiger partial charge in [-0.15, -0.1) is 0 Å². The molecule has 9 nitrogen and oxygen atoms in total. The van der Waals surface area contributed by atoms with Crippen molar-refractivity contribution >= 4 is 19.8 Å². The van der Waals surface area contributed by atoms with Crippen LogP contribution in [0.4, 0.5) is 0 Å². The monoisotopic (exact) mass is 660 g/mol. The third-order valence-electron chi connectivity index (χ3n) is 8.54. The normalized spacial score (nSPS) is 15.8. The van der Waals surface area contributed by atoms with Gasteiger partial charge in [0.15, 0.2) is 6.10 Å². The van der Waals surface area contributed by atoms with Gasteiger partial charge in [-0.25, -0.2) is 0 Å². The molecular weight excluding hydrogens is 593 g/mol. The van der Waals surface area contributed by atoms with E-state index in [1.165, 1.54) is 96.3 Å². The molecule has 1 rings (SSSR count). The van der Waals surface area contributed by atoms with Gasteiger partial charge in [-0.05, 0) is 30.6 Å². The van der Waals surface area contributed by atoms with Crippen molar-refractivity contribution in [3.05, 3.63) is 0 Å². The number of phosphoric ester groups is 1. The molecule has 0 aromatic carbocycles. The van der Waals surface area contributed by atoms with Crippen molar-refractivity contribution < 1.29 is 37.6 Å². The van der Waals surface area contributed by atoms with E-state index in [4.69, 9.17) is 19.7 Å². The van der Waals surface area contributed by atoms with E-state index >= 15 is 0 Å². The van der Waals surface area contributed by atoms with Crippen molar-refractivity contribution in [2.24, 2.45) is 17.1 Å². The van der Waals surface area contributed by atoms with E-state index in [1.807, 2.05) is 0 Å². The molecule has 2 N–H and O–H groups in total. The van der Waals surface area contributed by atoms with Crippen molar-refractivity contribution in [3.63, 3.8) is 0 Å². The van der Waals surface area contributed by atoms with Crippen molar-refractivity contribution in [2.75, 3.05) is 26.4 Å². The predicted molar refractivity (Wildman–Crippen MR) is 179 cm³/mol. The molecule has 1 fully saturated rings. The summed E-state index contributed by atoms with van der Waals surface area (Å²) in [7, 11) is -4.61. The molecule has 0 aliphatic heterocycles. The number of rotatable bonds is 30. The van der Waals surface area contributed by atoms with Crippen LogP contribution >= 0.6 is 7.82 Å². The van der Waals surface area contributed by atoms with E-state index in [9.17, 15) is 19.0 Å². The number of unbranched alkanes of at least 4 members (excludes halogenated alkanes) is 14. The number of nitrogens with two attached hydrogens (primary N) is 1. The fourth-order valence-electron chi connectivity index (χ4n) is 5.53. The van der Waals surface area contributed by atoms with Crippen LogP contribution in [0.25, 0.3) is 0 Å². The van der Waals surface area contributed by atoms with E-state index in [0.717, 1.165) is 38.0 Å². The Morgan fingerprint density at radius 2 is 1.27 bits per heavy atom. The molecule has 0 bridgehead atoms. The number of ether oxygens (including phenoxy) is 2. The second kappa shape index (κ2) is 26.0. The third kappa shape index (κ3) is 26.7. The summed E-state index contributed by atoms with van der Waals surface area (Å²) < 4.78 is 32.2. The van der Waals surface area contributed by atoms with Gasteiger partial charge in [0.05, 0.1) is 13.2 Å². The van der Waals surface area contributed by atoms with Gasteiger partial charge >= 0.3 is 11.9 Å². The maximum Gasteiger partial charge on any atom is 0.306 e. The summed E-state index contributed by atoms with van der Waals surface area (Å²) in [6.07, 6.45) is 24.5. The van der Waals surface area contributed by atoms with Crippen molar-refractivity contribution in [1.29, 1.82) is 0 Å². The fraction of sp³-hybridized carbons (Fsp3) is 0.943. The molecule has 10 heteroatoms. The second-order valence-electron chi connectivity index (χ2n) is 14.2. The van der Waals surface area contributed by atoms with E-state index in [0.29, 0.717) is 11.8 Å². The zero-order chi connectivity index (χ0) is 33.2. The average Bonchev–Trinajstić information content (AvgIpc) is 2.95. The molecule has 266 valence electrons. The summed E-state index contributed by atoms with van der Waals surface area (Å²) in [6.45, 7) is 5.90. The van der Waals surface area contributed by atoms with E-state index < -0.39 is 32.5 Å². The highest BCUT2D eigenvalue weighted by Crippen LogP contribution is 2.38. The maximum atomic E-state index is 12.5. The Kier molecular flexibility index (Phi) is 24.3. The Bertz CT molecular complexity index is 799. The summed E-state index contributed by atoms with van der Waals surface area (Å²) in [5, 5.41) is 0. The minimum absolute atomic E-state index is 0.0173. The Balaban J connectivity index is 2.22. The predicted octanol–water partition coefficient (Wildman–Crippen LogP) is 8.55. The van der Waals surface area contributed by atoms with Crippen molar-refractivity contribution in [3.8, 4) is 0 Å². The number of phosphoric acid groups is 1. The van der Waals surface area contributed by atoms with Crippen LogP contribution < -0.4 is 10.6 Å². The molecule has 2 atom stereocenters. The molecule has 0 aromatic rings. The molecule has 0 amide bonds. The number of hydrogen-bond donors (Lipinski definition) is 1. The van der Waals surface area contributed by atoms with Crippen LogP contribution in [-0.2, 0) is 32.7 Å².